The number of hydrogen-bond donors (Lipinski definition) is 1. The molecule has 0 radical (unpaired) electrons. The number of rotatable bonds is 4. The van der Waals surface area contributed by atoms with Crippen molar-refractivity contribution in [2.75, 3.05) is 4.72 Å². The zero-order valence-corrected chi connectivity index (χ0v) is 13.9. The van der Waals surface area contributed by atoms with Gasteiger partial charge in [0.15, 0.2) is 5.15 Å². The molecule has 24 heavy (non-hydrogen) atoms. The number of halogens is 4. The van der Waals surface area contributed by atoms with E-state index in [1.54, 1.807) is 6.92 Å². The molecule has 1 heterocycles. The molecule has 0 aliphatic carbocycles. The SMILES string of the molecule is Cc1cc(Oc2ccc(Cl)nn2)c(C)cc1NS(=O)(=O)C(F)(F)F. The van der Waals surface area contributed by atoms with Crippen molar-refractivity contribution in [3.63, 3.8) is 0 Å². The largest absolute Gasteiger partial charge is 0.516 e. The van der Waals surface area contributed by atoms with Gasteiger partial charge in [-0.15, -0.1) is 10.2 Å². The van der Waals surface area contributed by atoms with E-state index in [1.165, 1.54) is 35.9 Å². The molecule has 0 bridgehead atoms. The molecule has 2 rings (SSSR count). The van der Waals surface area contributed by atoms with Crippen LogP contribution in [0.25, 0.3) is 0 Å². The maximum Gasteiger partial charge on any atom is 0.516 e. The van der Waals surface area contributed by atoms with Crippen LogP contribution in [-0.2, 0) is 10.0 Å². The highest BCUT2D eigenvalue weighted by molar-refractivity contribution is 7.93. The molecule has 0 fully saturated rings. The van der Waals surface area contributed by atoms with Gasteiger partial charge in [0.2, 0.25) is 5.88 Å². The summed E-state index contributed by atoms with van der Waals surface area (Å²) >= 11 is 5.60. The fourth-order valence-corrected chi connectivity index (χ4v) is 2.41. The van der Waals surface area contributed by atoms with E-state index >= 15 is 0 Å². The lowest BCUT2D eigenvalue weighted by Crippen LogP contribution is -2.30. The van der Waals surface area contributed by atoms with E-state index in [9.17, 15) is 21.6 Å². The number of hydrogen-bond acceptors (Lipinski definition) is 5. The zero-order chi connectivity index (χ0) is 18.1. The number of anilines is 1. The normalized spacial score (nSPS) is 12.1. The van der Waals surface area contributed by atoms with Gasteiger partial charge >= 0.3 is 15.5 Å². The second-order valence-corrected chi connectivity index (χ2v) is 6.84. The van der Waals surface area contributed by atoms with Crippen LogP contribution in [0.15, 0.2) is 24.3 Å². The van der Waals surface area contributed by atoms with Crippen molar-refractivity contribution in [2.45, 2.75) is 19.4 Å². The van der Waals surface area contributed by atoms with Crippen LogP contribution < -0.4 is 9.46 Å². The number of benzene rings is 1. The van der Waals surface area contributed by atoms with Crippen LogP contribution >= 0.6 is 11.6 Å². The Bertz CT molecular complexity index is 855. The Morgan fingerprint density at radius 1 is 1.12 bits per heavy atom. The predicted octanol–water partition coefficient (Wildman–Crippen LogP) is 3.80. The first-order chi connectivity index (χ1) is 11.0. The van der Waals surface area contributed by atoms with Crippen LogP contribution in [0, 0.1) is 13.8 Å². The Hall–Kier alpha value is -2.07. The average Bonchev–Trinajstić information content (AvgIpc) is 2.45. The molecule has 6 nitrogen and oxygen atoms in total. The molecule has 1 N–H and O–H groups in total. The Labute approximate surface area is 140 Å². The first-order valence-corrected chi connectivity index (χ1v) is 8.23. The number of alkyl halides is 3. The van der Waals surface area contributed by atoms with Crippen LogP contribution in [0.5, 0.6) is 11.6 Å². The summed E-state index contributed by atoms with van der Waals surface area (Å²) in [6.45, 7) is 2.98. The molecule has 0 aliphatic heterocycles. The molecule has 0 unspecified atom stereocenters. The molecule has 0 saturated heterocycles. The minimum atomic E-state index is -5.49. The van der Waals surface area contributed by atoms with Crippen molar-refractivity contribution in [2.24, 2.45) is 0 Å². The van der Waals surface area contributed by atoms with Crippen LogP contribution in [0.4, 0.5) is 18.9 Å². The number of ether oxygens (including phenoxy) is 1. The molecule has 0 amide bonds. The Kier molecular flexibility index (Phi) is 4.90. The first kappa shape index (κ1) is 18.3. The summed E-state index contributed by atoms with van der Waals surface area (Å²) in [5.41, 5.74) is -4.96. The second-order valence-electron chi connectivity index (χ2n) is 4.78. The molecule has 1 aromatic carbocycles. The molecule has 1 aromatic heterocycles. The van der Waals surface area contributed by atoms with Gasteiger partial charge in [0.25, 0.3) is 0 Å². The van der Waals surface area contributed by atoms with Gasteiger partial charge in [-0.25, -0.2) is 0 Å². The van der Waals surface area contributed by atoms with Gasteiger partial charge in [-0.3, -0.25) is 4.72 Å². The Balaban J connectivity index is 2.30. The number of aryl methyl sites for hydroxylation is 2. The van der Waals surface area contributed by atoms with E-state index in [0.29, 0.717) is 11.3 Å². The summed E-state index contributed by atoms with van der Waals surface area (Å²) < 4.78 is 66.7. The standard InChI is InChI=1S/C13H11ClF3N3O3S/c1-7-6-10(23-12-4-3-11(14)18-19-12)8(2)5-9(7)20-24(21,22)13(15,16)17/h3-6,20H,1-2H3. The lowest BCUT2D eigenvalue weighted by Gasteiger charge is -2.15. The monoisotopic (exact) mass is 381 g/mol. The highest BCUT2D eigenvalue weighted by atomic mass is 35.5. The molecule has 130 valence electrons. The quantitative estimate of drug-likeness (QED) is 0.871. The van der Waals surface area contributed by atoms with Crippen LogP contribution in [-0.4, -0.2) is 24.1 Å². The lowest BCUT2D eigenvalue weighted by atomic mass is 10.1. The fraction of sp³-hybridized carbons (Fsp3) is 0.231. The Morgan fingerprint density at radius 2 is 1.79 bits per heavy atom. The third kappa shape index (κ3) is 4.06. The topological polar surface area (TPSA) is 81.2 Å². The molecule has 11 heteroatoms. The molecule has 0 atom stereocenters. The zero-order valence-electron chi connectivity index (χ0n) is 12.3. The van der Waals surface area contributed by atoms with Gasteiger partial charge in [-0.1, -0.05) is 11.6 Å². The third-order valence-corrected chi connectivity index (χ3v) is 4.19. The summed E-state index contributed by atoms with van der Waals surface area (Å²) in [7, 11) is -5.49. The molecule has 0 spiro atoms. The summed E-state index contributed by atoms with van der Waals surface area (Å²) in [6.07, 6.45) is 0. The lowest BCUT2D eigenvalue weighted by molar-refractivity contribution is -0.0429. The third-order valence-electron chi connectivity index (χ3n) is 2.89. The van der Waals surface area contributed by atoms with E-state index in [0.717, 1.165) is 0 Å². The molecular weight excluding hydrogens is 371 g/mol. The minimum absolute atomic E-state index is 0.130. The number of sulfonamides is 1. The predicted molar refractivity (Wildman–Crippen MR) is 81.6 cm³/mol. The van der Waals surface area contributed by atoms with E-state index in [1.807, 2.05) is 0 Å². The first-order valence-electron chi connectivity index (χ1n) is 6.37. The summed E-state index contributed by atoms with van der Waals surface area (Å²) in [6, 6.07) is 5.54. The van der Waals surface area contributed by atoms with Crippen molar-refractivity contribution in [3.05, 3.63) is 40.5 Å². The molecule has 2 aromatic rings. The molecule has 0 saturated carbocycles. The van der Waals surface area contributed by atoms with E-state index in [4.69, 9.17) is 16.3 Å². The van der Waals surface area contributed by atoms with E-state index in [2.05, 4.69) is 10.2 Å². The van der Waals surface area contributed by atoms with Crippen molar-refractivity contribution in [1.29, 1.82) is 0 Å². The van der Waals surface area contributed by atoms with Gasteiger partial charge in [0, 0.05) is 6.07 Å². The number of nitrogens with one attached hydrogen (secondary N) is 1. The van der Waals surface area contributed by atoms with Crippen LogP contribution in [0.1, 0.15) is 11.1 Å². The van der Waals surface area contributed by atoms with Crippen molar-refractivity contribution in [3.8, 4) is 11.6 Å². The van der Waals surface area contributed by atoms with Gasteiger partial charge < -0.3 is 4.74 Å². The van der Waals surface area contributed by atoms with Crippen molar-refractivity contribution >= 4 is 27.3 Å². The maximum absolute atomic E-state index is 12.4. The molecular formula is C13H11ClF3N3O3S. The van der Waals surface area contributed by atoms with Crippen LogP contribution in [0.3, 0.4) is 0 Å². The highest BCUT2D eigenvalue weighted by Gasteiger charge is 2.46. The van der Waals surface area contributed by atoms with Gasteiger partial charge in [0.05, 0.1) is 5.69 Å². The summed E-state index contributed by atoms with van der Waals surface area (Å²) in [5, 5.41) is 7.46. The maximum atomic E-state index is 12.4. The minimum Gasteiger partial charge on any atom is -0.437 e. The van der Waals surface area contributed by atoms with Gasteiger partial charge in [-0.05, 0) is 43.2 Å². The van der Waals surface area contributed by atoms with Crippen molar-refractivity contribution in [1.82, 2.24) is 10.2 Å². The highest BCUT2D eigenvalue weighted by Crippen LogP contribution is 2.32. The Morgan fingerprint density at radius 3 is 2.33 bits per heavy atom. The second kappa shape index (κ2) is 6.44. The number of aromatic nitrogens is 2. The molecule has 0 aliphatic rings. The van der Waals surface area contributed by atoms with Gasteiger partial charge in [0.1, 0.15) is 5.75 Å². The summed E-state index contributed by atoms with van der Waals surface area (Å²) in [5.74, 6) is 0.421. The van der Waals surface area contributed by atoms with Crippen molar-refractivity contribution < 1.29 is 26.3 Å². The van der Waals surface area contributed by atoms with E-state index in [-0.39, 0.29) is 22.3 Å². The average molecular weight is 382 g/mol. The summed E-state index contributed by atoms with van der Waals surface area (Å²) in [4.78, 5) is 0. The van der Waals surface area contributed by atoms with Gasteiger partial charge in [-0.2, -0.15) is 21.6 Å². The van der Waals surface area contributed by atoms with Crippen LogP contribution in [0.2, 0.25) is 5.15 Å². The number of nitrogens with zero attached hydrogens (tertiary/aromatic N) is 2. The fourth-order valence-electron chi connectivity index (χ4n) is 1.68. The smallest absolute Gasteiger partial charge is 0.437 e. The van der Waals surface area contributed by atoms with E-state index < -0.39 is 15.5 Å².